The lowest BCUT2D eigenvalue weighted by Gasteiger charge is -2.05. The highest BCUT2D eigenvalue weighted by atomic mass is 32.2. The summed E-state index contributed by atoms with van der Waals surface area (Å²) in [6.45, 7) is 0.263. The van der Waals surface area contributed by atoms with Crippen LogP contribution in [0.2, 0.25) is 0 Å². The first kappa shape index (κ1) is 18.2. The highest BCUT2D eigenvalue weighted by Gasteiger charge is 2.12. The molecule has 0 saturated heterocycles. The fraction of sp³-hybridized carbons (Fsp3) is 0.211. The van der Waals surface area contributed by atoms with Gasteiger partial charge in [0.05, 0.1) is 18.6 Å². The van der Waals surface area contributed by atoms with E-state index < -0.39 is 10.0 Å². The lowest BCUT2D eigenvalue weighted by Crippen LogP contribution is -2.27. The summed E-state index contributed by atoms with van der Waals surface area (Å²) in [5.74, 6) is 1.31. The molecule has 26 heavy (non-hydrogen) atoms. The number of benzene rings is 2. The quantitative estimate of drug-likeness (QED) is 0.657. The number of rotatable bonds is 8. The fourth-order valence-electron chi connectivity index (χ4n) is 2.52. The van der Waals surface area contributed by atoms with Crippen molar-refractivity contribution in [3.05, 3.63) is 71.9 Å². The Bertz CT molecular complexity index is 952. The number of methoxy groups -OCH3 is 1. The van der Waals surface area contributed by atoms with Crippen molar-refractivity contribution in [2.75, 3.05) is 13.7 Å². The van der Waals surface area contributed by atoms with Gasteiger partial charge in [0.2, 0.25) is 10.0 Å². The highest BCUT2D eigenvalue weighted by molar-refractivity contribution is 7.88. The molecule has 3 rings (SSSR count). The van der Waals surface area contributed by atoms with Crippen LogP contribution in [0.3, 0.4) is 0 Å². The van der Waals surface area contributed by atoms with E-state index in [4.69, 9.17) is 9.26 Å². The fourth-order valence-corrected chi connectivity index (χ4v) is 3.67. The minimum absolute atomic E-state index is 0.0400. The van der Waals surface area contributed by atoms with Gasteiger partial charge in [0.15, 0.2) is 5.76 Å². The van der Waals surface area contributed by atoms with Crippen molar-refractivity contribution in [3.8, 4) is 17.1 Å². The molecule has 0 amide bonds. The summed E-state index contributed by atoms with van der Waals surface area (Å²) >= 11 is 0. The Hall–Kier alpha value is -2.64. The van der Waals surface area contributed by atoms with Crippen LogP contribution in [0, 0.1) is 0 Å². The molecule has 6 nitrogen and oxygen atoms in total. The van der Waals surface area contributed by atoms with Crippen LogP contribution < -0.4 is 9.46 Å². The van der Waals surface area contributed by atoms with Crippen LogP contribution >= 0.6 is 0 Å². The molecule has 0 spiro atoms. The first-order valence-electron chi connectivity index (χ1n) is 8.17. The van der Waals surface area contributed by atoms with Crippen LogP contribution in [0.4, 0.5) is 0 Å². The molecule has 0 aliphatic rings. The molecular formula is C19H20N2O4S. The van der Waals surface area contributed by atoms with Crippen LogP contribution in [0.15, 0.2) is 65.2 Å². The van der Waals surface area contributed by atoms with Gasteiger partial charge in [-0.1, -0.05) is 47.6 Å². The van der Waals surface area contributed by atoms with E-state index in [-0.39, 0.29) is 12.3 Å². The zero-order chi connectivity index (χ0) is 18.4. The van der Waals surface area contributed by atoms with E-state index in [0.717, 1.165) is 16.9 Å². The molecule has 0 fully saturated rings. The number of aromatic nitrogens is 1. The van der Waals surface area contributed by atoms with E-state index in [0.29, 0.717) is 17.9 Å². The van der Waals surface area contributed by atoms with Gasteiger partial charge in [0.1, 0.15) is 5.75 Å². The second-order valence-electron chi connectivity index (χ2n) is 5.80. The van der Waals surface area contributed by atoms with Crippen molar-refractivity contribution < 1.29 is 17.7 Å². The molecule has 0 aliphatic heterocycles. The predicted molar refractivity (Wildman–Crippen MR) is 99.3 cm³/mol. The molecule has 0 atom stereocenters. The second kappa shape index (κ2) is 8.16. The minimum Gasteiger partial charge on any atom is -0.497 e. The van der Waals surface area contributed by atoms with Gasteiger partial charge in [-0.15, -0.1) is 0 Å². The highest BCUT2D eigenvalue weighted by Crippen LogP contribution is 2.24. The molecule has 0 aliphatic carbocycles. The van der Waals surface area contributed by atoms with Crippen molar-refractivity contribution >= 4 is 10.0 Å². The first-order chi connectivity index (χ1) is 12.6. The Morgan fingerprint density at radius 3 is 2.65 bits per heavy atom. The summed E-state index contributed by atoms with van der Waals surface area (Å²) in [5.41, 5.74) is 2.29. The maximum Gasteiger partial charge on any atom is 0.215 e. The van der Waals surface area contributed by atoms with Crippen LogP contribution in [-0.4, -0.2) is 27.2 Å². The third kappa shape index (κ3) is 4.93. The normalized spacial score (nSPS) is 11.4. The molecule has 1 aromatic heterocycles. The Labute approximate surface area is 152 Å². The Kier molecular flexibility index (Phi) is 5.70. The van der Waals surface area contributed by atoms with Crippen LogP contribution in [0.1, 0.15) is 11.3 Å². The van der Waals surface area contributed by atoms with E-state index in [2.05, 4.69) is 9.88 Å². The number of nitrogens with zero attached hydrogens (tertiary/aromatic N) is 1. The third-order valence-electron chi connectivity index (χ3n) is 3.82. The van der Waals surface area contributed by atoms with Gasteiger partial charge in [0, 0.05) is 24.6 Å². The second-order valence-corrected chi connectivity index (χ2v) is 7.61. The summed E-state index contributed by atoms with van der Waals surface area (Å²) in [7, 11) is -1.78. The lowest BCUT2D eigenvalue weighted by molar-refractivity contribution is 0.412. The summed E-state index contributed by atoms with van der Waals surface area (Å²) in [4.78, 5) is 0. The van der Waals surface area contributed by atoms with E-state index >= 15 is 0 Å². The number of ether oxygens (including phenoxy) is 1. The molecule has 0 radical (unpaired) electrons. The maximum atomic E-state index is 12.1. The van der Waals surface area contributed by atoms with Crippen molar-refractivity contribution in [2.24, 2.45) is 0 Å². The number of nitrogens with one attached hydrogen (secondary N) is 1. The molecule has 0 bridgehead atoms. The average molecular weight is 372 g/mol. The standard InChI is InChI=1S/C19H20N2O4S/c1-24-18-9-5-8-16(12-18)19-13-17(21-25-19)10-11-20-26(22,23)14-15-6-3-2-4-7-15/h2-9,12-13,20H,10-11,14H2,1H3. The topological polar surface area (TPSA) is 81.4 Å². The van der Waals surface area contributed by atoms with E-state index in [9.17, 15) is 8.42 Å². The van der Waals surface area contributed by atoms with Crippen LogP contribution in [0.25, 0.3) is 11.3 Å². The van der Waals surface area contributed by atoms with Crippen molar-refractivity contribution in [1.29, 1.82) is 0 Å². The molecule has 3 aromatic rings. The van der Waals surface area contributed by atoms with Crippen molar-refractivity contribution in [1.82, 2.24) is 9.88 Å². The predicted octanol–water partition coefficient (Wildman–Crippen LogP) is 3.01. The number of sulfonamides is 1. The molecular weight excluding hydrogens is 352 g/mol. The monoisotopic (exact) mass is 372 g/mol. The molecule has 136 valence electrons. The van der Waals surface area contributed by atoms with Gasteiger partial charge in [-0.2, -0.15) is 0 Å². The summed E-state index contributed by atoms with van der Waals surface area (Å²) in [6, 6.07) is 18.3. The summed E-state index contributed by atoms with van der Waals surface area (Å²) in [5, 5.41) is 4.00. The van der Waals surface area contributed by atoms with E-state index in [1.165, 1.54) is 0 Å². The minimum atomic E-state index is -3.38. The Morgan fingerprint density at radius 2 is 1.88 bits per heavy atom. The van der Waals surface area contributed by atoms with E-state index in [1.807, 2.05) is 42.5 Å². The average Bonchev–Trinajstić information content (AvgIpc) is 3.11. The van der Waals surface area contributed by atoms with Gasteiger partial charge in [0.25, 0.3) is 0 Å². The Morgan fingerprint density at radius 1 is 1.08 bits per heavy atom. The van der Waals surface area contributed by atoms with Crippen LogP contribution in [-0.2, 0) is 22.2 Å². The largest absolute Gasteiger partial charge is 0.497 e. The first-order valence-corrected chi connectivity index (χ1v) is 9.82. The molecule has 1 heterocycles. The number of hydrogen-bond donors (Lipinski definition) is 1. The molecule has 0 unspecified atom stereocenters. The number of hydrogen-bond acceptors (Lipinski definition) is 5. The summed E-state index contributed by atoms with van der Waals surface area (Å²) < 4.78 is 37.4. The van der Waals surface area contributed by atoms with Crippen molar-refractivity contribution in [3.63, 3.8) is 0 Å². The maximum absolute atomic E-state index is 12.1. The molecule has 7 heteroatoms. The summed E-state index contributed by atoms with van der Waals surface area (Å²) in [6.07, 6.45) is 0.446. The van der Waals surface area contributed by atoms with E-state index in [1.54, 1.807) is 25.3 Å². The smallest absolute Gasteiger partial charge is 0.215 e. The van der Waals surface area contributed by atoms with Gasteiger partial charge >= 0.3 is 0 Å². The molecule has 2 aromatic carbocycles. The zero-order valence-corrected chi connectivity index (χ0v) is 15.2. The van der Waals surface area contributed by atoms with Gasteiger partial charge < -0.3 is 9.26 Å². The van der Waals surface area contributed by atoms with Gasteiger partial charge in [-0.25, -0.2) is 13.1 Å². The zero-order valence-electron chi connectivity index (χ0n) is 14.4. The SMILES string of the molecule is COc1cccc(-c2cc(CCNS(=O)(=O)Cc3ccccc3)no2)c1. The van der Waals surface area contributed by atoms with Gasteiger partial charge in [-0.05, 0) is 17.7 Å². The molecule has 0 saturated carbocycles. The molecule has 1 N–H and O–H groups in total. The third-order valence-corrected chi connectivity index (χ3v) is 5.17. The lowest BCUT2D eigenvalue weighted by atomic mass is 10.1. The van der Waals surface area contributed by atoms with Crippen molar-refractivity contribution in [2.45, 2.75) is 12.2 Å². The Balaban J connectivity index is 1.56. The van der Waals surface area contributed by atoms with Crippen LogP contribution in [0.5, 0.6) is 5.75 Å². The van der Waals surface area contributed by atoms with Gasteiger partial charge in [-0.3, -0.25) is 0 Å².